The van der Waals surface area contributed by atoms with Crippen LogP contribution in [-0.2, 0) is 6.54 Å². The van der Waals surface area contributed by atoms with E-state index >= 15 is 0 Å². The molecule has 0 saturated carbocycles. The van der Waals surface area contributed by atoms with Crippen molar-refractivity contribution in [3.63, 3.8) is 0 Å². The molecule has 0 aliphatic rings. The molecule has 4 nitrogen and oxygen atoms in total. The molecule has 2 heterocycles. The first-order valence-corrected chi connectivity index (χ1v) is 9.08. The SMILES string of the molecule is c1ccc(-c2noc(C[NH2+][C@H](c3ccccc3)c3cccs3)n2)cc1. The van der Waals surface area contributed by atoms with Gasteiger partial charge in [-0.05, 0) is 11.4 Å². The molecule has 1 atom stereocenters. The van der Waals surface area contributed by atoms with Crippen LogP contribution in [0.3, 0.4) is 0 Å². The number of nitrogens with two attached hydrogens (primary N) is 1. The Morgan fingerprint density at radius 2 is 1.68 bits per heavy atom. The third-order valence-electron chi connectivity index (χ3n) is 4.04. The van der Waals surface area contributed by atoms with Gasteiger partial charge in [0, 0.05) is 11.1 Å². The molecule has 0 aliphatic carbocycles. The van der Waals surface area contributed by atoms with E-state index in [9.17, 15) is 0 Å². The molecule has 0 bridgehead atoms. The van der Waals surface area contributed by atoms with Crippen LogP contribution in [0.2, 0.25) is 0 Å². The maximum absolute atomic E-state index is 5.43. The Bertz CT molecular complexity index is 905. The van der Waals surface area contributed by atoms with Gasteiger partial charge < -0.3 is 9.84 Å². The second-order valence-electron chi connectivity index (χ2n) is 5.72. The Hall–Kier alpha value is -2.76. The van der Waals surface area contributed by atoms with Crippen LogP contribution < -0.4 is 5.32 Å². The molecule has 5 heteroatoms. The van der Waals surface area contributed by atoms with E-state index in [1.165, 1.54) is 10.4 Å². The first kappa shape index (κ1) is 15.7. The molecule has 0 saturated heterocycles. The Morgan fingerprint density at radius 1 is 0.920 bits per heavy atom. The highest BCUT2D eigenvalue weighted by Gasteiger charge is 2.20. The van der Waals surface area contributed by atoms with Crippen molar-refractivity contribution in [1.29, 1.82) is 0 Å². The lowest BCUT2D eigenvalue weighted by atomic mass is 10.1. The standard InChI is InChI=1S/C20H17N3OS/c1-3-8-15(9-4-1)19(17-12-7-13-25-17)21-14-18-22-20(23-24-18)16-10-5-2-6-11-16/h1-13,19,21H,14H2/p+1/t19-/m1/s1. The van der Waals surface area contributed by atoms with Gasteiger partial charge in [-0.3, -0.25) is 0 Å². The van der Waals surface area contributed by atoms with Crippen LogP contribution in [0, 0.1) is 0 Å². The summed E-state index contributed by atoms with van der Waals surface area (Å²) >= 11 is 1.77. The number of aromatic nitrogens is 2. The van der Waals surface area contributed by atoms with Crippen molar-refractivity contribution in [1.82, 2.24) is 10.1 Å². The van der Waals surface area contributed by atoms with E-state index in [0.29, 0.717) is 18.3 Å². The number of benzene rings is 2. The minimum atomic E-state index is 0.230. The summed E-state index contributed by atoms with van der Waals surface area (Å²) in [6, 6.07) is 24.9. The highest BCUT2D eigenvalue weighted by molar-refractivity contribution is 7.10. The Kier molecular flexibility index (Phi) is 4.68. The summed E-state index contributed by atoms with van der Waals surface area (Å²) in [6.07, 6.45) is 0. The molecular formula is C20H18N3OS+. The zero-order valence-electron chi connectivity index (χ0n) is 13.6. The summed E-state index contributed by atoms with van der Waals surface area (Å²) in [7, 11) is 0. The molecule has 4 rings (SSSR count). The predicted octanol–water partition coefficient (Wildman–Crippen LogP) is 3.65. The zero-order valence-corrected chi connectivity index (χ0v) is 14.4. The average molecular weight is 348 g/mol. The highest BCUT2D eigenvalue weighted by atomic mass is 32.1. The lowest BCUT2D eigenvalue weighted by Crippen LogP contribution is -2.83. The van der Waals surface area contributed by atoms with Crippen molar-refractivity contribution < 1.29 is 9.84 Å². The molecule has 0 unspecified atom stereocenters. The summed E-state index contributed by atoms with van der Waals surface area (Å²) in [5.41, 5.74) is 2.24. The summed E-state index contributed by atoms with van der Waals surface area (Å²) in [6.45, 7) is 0.636. The van der Waals surface area contributed by atoms with Crippen molar-refractivity contribution in [2.24, 2.45) is 0 Å². The first-order chi connectivity index (χ1) is 12.4. The van der Waals surface area contributed by atoms with Gasteiger partial charge in [-0.1, -0.05) is 71.9 Å². The number of thiophene rings is 1. The quantitative estimate of drug-likeness (QED) is 0.579. The van der Waals surface area contributed by atoms with Crippen LogP contribution in [0.25, 0.3) is 11.4 Å². The maximum atomic E-state index is 5.43. The van der Waals surface area contributed by atoms with Crippen molar-refractivity contribution >= 4 is 11.3 Å². The molecule has 25 heavy (non-hydrogen) atoms. The zero-order chi connectivity index (χ0) is 16.9. The maximum Gasteiger partial charge on any atom is 0.282 e. The monoisotopic (exact) mass is 348 g/mol. The van der Waals surface area contributed by atoms with Crippen LogP contribution in [0.4, 0.5) is 0 Å². The average Bonchev–Trinajstić information content (AvgIpc) is 3.36. The van der Waals surface area contributed by atoms with Gasteiger partial charge in [0.2, 0.25) is 5.82 Å². The molecular weight excluding hydrogens is 330 g/mol. The van der Waals surface area contributed by atoms with Crippen LogP contribution in [0.5, 0.6) is 0 Å². The van der Waals surface area contributed by atoms with Crippen molar-refractivity contribution in [2.75, 3.05) is 0 Å². The molecule has 124 valence electrons. The lowest BCUT2D eigenvalue weighted by Gasteiger charge is -2.13. The molecule has 0 amide bonds. The fraction of sp³-hybridized carbons (Fsp3) is 0.100. The van der Waals surface area contributed by atoms with E-state index < -0.39 is 0 Å². The smallest absolute Gasteiger partial charge is 0.282 e. The van der Waals surface area contributed by atoms with Gasteiger partial charge in [-0.25, -0.2) is 0 Å². The lowest BCUT2D eigenvalue weighted by molar-refractivity contribution is -0.704. The van der Waals surface area contributed by atoms with Crippen LogP contribution in [-0.4, -0.2) is 10.1 Å². The van der Waals surface area contributed by atoms with E-state index in [0.717, 1.165) is 5.56 Å². The Balaban J connectivity index is 1.51. The molecule has 0 fully saturated rings. The first-order valence-electron chi connectivity index (χ1n) is 8.20. The predicted molar refractivity (Wildman–Crippen MR) is 98.0 cm³/mol. The van der Waals surface area contributed by atoms with Crippen LogP contribution in [0.1, 0.15) is 22.4 Å². The third kappa shape index (κ3) is 3.68. The van der Waals surface area contributed by atoms with Gasteiger partial charge in [0.05, 0.1) is 4.88 Å². The molecule has 4 aromatic rings. The number of hydrogen-bond donors (Lipinski definition) is 1. The van der Waals surface area contributed by atoms with E-state index in [4.69, 9.17) is 4.52 Å². The van der Waals surface area contributed by atoms with Gasteiger partial charge in [0.25, 0.3) is 5.89 Å². The van der Waals surface area contributed by atoms with E-state index in [2.05, 4.69) is 57.2 Å². The van der Waals surface area contributed by atoms with E-state index in [-0.39, 0.29) is 6.04 Å². The topological polar surface area (TPSA) is 55.5 Å². The van der Waals surface area contributed by atoms with Gasteiger partial charge in [0.15, 0.2) is 6.54 Å². The van der Waals surface area contributed by atoms with Crippen molar-refractivity contribution in [3.05, 3.63) is 94.5 Å². The van der Waals surface area contributed by atoms with Gasteiger partial charge >= 0.3 is 0 Å². The van der Waals surface area contributed by atoms with Crippen molar-refractivity contribution in [3.8, 4) is 11.4 Å². The second-order valence-corrected chi connectivity index (χ2v) is 6.70. The normalized spacial score (nSPS) is 12.2. The van der Waals surface area contributed by atoms with E-state index in [1.54, 1.807) is 11.3 Å². The highest BCUT2D eigenvalue weighted by Crippen LogP contribution is 2.22. The van der Waals surface area contributed by atoms with Crippen LogP contribution >= 0.6 is 11.3 Å². The molecule has 0 aliphatic heterocycles. The second kappa shape index (κ2) is 7.42. The molecule has 2 aromatic heterocycles. The summed E-state index contributed by atoms with van der Waals surface area (Å²) in [5, 5.41) is 8.45. The van der Waals surface area contributed by atoms with Crippen molar-refractivity contribution in [2.45, 2.75) is 12.6 Å². The minimum Gasteiger partial charge on any atom is -0.333 e. The number of nitrogens with zero attached hydrogens (tertiary/aromatic N) is 2. The Morgan fingerprint density at radius 3 is 2.40 bits per heavy atom. The Labute approximate surface area is 150 Å². The third-order valence-corrected chi connectivity index (χ3v) is 4.99. The fourth-order valence-corrected chi connectivity index (χ4v) is 3.66. The number of quaternary nitrogens is 1. The number of hydrogen-bond acceptors (Lipinski definition) is 4. The molecule has 2 N–H and O–H groups in total. The summed E-state index contributed by atoms with van der Waals surface area (Å²) < 4.78 is 5.43. The minimum absolute atomic E-state index is 0.230. The van der Waals surface area contributed by atoms with Gasteiger partial charge in [-0.2, -0.15) is 4.98 Å². The summed E-state index contributed by atoms with van der Waals surface area (Å²) in [5.74, 6) is 1.27. The summed E-state index contributed by atoms with van der Waals surface area (Å²) in [4.78, 5) is 5.84. The molecule has 0 spiro atoms. The van der Waals surface area contributed by atoms with Gasteiger partial charge in [0.1, 0.15) is 6.04 Å². The largest absolute Gasteiger partial charge is 0.333 e. The van der Waals surface area contributed by atoms with Gasteiger partial charge in [-0.15, -0.1) is 11.3 Å². The molecule has 0 radical (unpaired) electrons. The van der Waals surface area contributed by atoms with E-state index in [1.807, 2.05) is 36.4 Å². The molecule has 2 aromatic carbocycles. The van der Waals surface area contributed by atoms with Crippen LogP contribution in [0.15, 0.2) is 82.7 Å². The number of rotatable bonds is 6. The fourth-order valence-electron chi connectivity index (χ4n) is 2.81.